The number of hydrogen-bond acceptors (Lipinski definition) is 3. The number of methoxy groups -OCH3 is 1. The van der Waals surface area contributed by atoms with E-state index in [9.17, 15) is 0 Å². The quantitative estimate of drug-likeness (QED) is 0.762. The summed E-state index contributed by atoms with van der Waals surface area (Å²) < 4.78 is 5.28. The van der Waals surface area contributed by atoms with Crippen molar-refractivity contribution in [1.82, 2.24) is 4.98 Å². The summed E-state index contributed by atoms with van der Waals surface area (Å²) in [6, 6.07) is 8.74. The van der Waals surface area contributed by atoms with Gasteiger partial charge in [0.2, 0.25) is 0 Å². The number of benzene rings is 1. The molecule has 0 fully saturated rings. The molecule has 6 heteroatoms. The predicted octanol–water partition coefficient (Wildman–Crippen LogP) is 4.78. The van der Waals surface area contributed by atoms with Crippen molar-refractivity contribution in [3.63, 3.8) is 0 Å². The van der Waals surface area contributed by atoms with Gasteiger partial charge in [0.25, 0.3) is 0 Å². The average Bonchev–Trinajstić information content (AvgIpc) is 2.44. The Bertz CT molecular complexity index is 696. The van der Waals surface area contributed by atoms with Crippen molar-refractivity contribution in [1.29, 1.82) is 5.26 Å². The number of halogens is 3. The lowest BCUT2D eigenvalue weighted by molar-refractivity contribution is 0.414. The monoisotopic (exact) mass is 326 g/mol. The molecule has 0 saturated carbocycles. The molecule has 1 aromatic heterocycles. The second-order valence-electron chi connectivity index (χ2n) is 3.91. The molecule has 3 nitrogen and oxygen atoms in total. The second-order valence-corrected chi connectivity index (χ2v) is 5.10. The first-order valence-corrected chi connectivity index (χ1v) is 6.76. The fraction of sp³-hybridized carbons (Fsp3) is 0.143. The Kier molecular flexibility index (Phi) is 4.72. The number of pyridine rings is 1. The lowest BCUT2D eigenvalue weighted by Gasteiger charge is -2.12. The first-order valence-electron chi connectivity index (χ1n) is 5.63. The lowest BCUT2D eigenvalue weighted by atomic mass is 10.1. The summed E-state index contributed by atoms with van der Waals surface area (Å²) in [5.41, 5.74) is 1.57. The summed E-state index contributed by atoms with van der Waals surface area (Å²) in [6.45, 7) is 0. The molecule has 0 amide bonds. The third-order valence-electron chi connectivity index (χ3n) is 2.68. The van der Waals surface area contributed by atoms with Gasteiger partial charge in [-0.1, -0.05) is 34.8 Å². The molecule has 1 heterocycles. The van der Waals surface area contributed by atoms with Crippen molar-refractivity contribution in [2.24, 2.45) is 0 Å². The third kappa shape index (κ3) is 2.83. The minimum Gasteiger partial charge on any atom is -0.494 e. The molecule has 0 spiro atoms. The minimum absolute atomic E-state index is 0.187. The molecule has 20 heavy (non-hydrogen) atoms. The normalized spacial score (nSPS) is 10.2. The van der Waals surface area contributed by atoms with E-state index >= 15 is 0 Å². The molecule has 102 valence electrons. The maximum Gasteiger partial charge on any atom is 0.145 e. The molecule has 0 aliphatic carbocycles. The van der Waals surface area contributed by atoms with Gasteiger partial charge in [0, 0.05) is 5.56 Å². The van der Waals surface area contributed by atoms with Gasteiger partial charge in [-0.05, 0) is 24.3 Å². The van der Waals surface area contributed by atoms with Crippen LogP contribution in [0.2, 0.25) is 15.1 Å². The Morgan fingerprint density at radius 1 is 1.15 bits per heavy atom. The molecular formula is C14H9Cl3N2O. The number of nitrogens with zero attached hydrogens (tertiary/aromatic N) is 2. The highest BCUT2D eigenvalue weighted by atomic mass is 35.5. The molecular weight excluding hydrogens is 319 g/mol. The van der Waals surface area contributed by atoms with Crippen molar-refractivity contribution in [3.8, 4) is 23.1 Å². The fourth-order valence-corrected chi connectivity index (χ4v) is 2.46. The van der Waals surface area contributed by atoms with Crippen LogP contribution in [0.15, 0.2) is 24.3 Å². The van der Waals surface area contributed by atoms with Crippen LogP contribution in [0.5, 0.6) is 5.75 Å². The molecule has 0 radical (unpaired) electrons. The molecule has 1 aromatic carbocycles. The van der Waals surface area contributed by atoms with E-state index in [4.69, 9.17) is 44.8 Å². The lowest BCUT2D eigenvalue weighted by Crippen LogP contribution is -1.97. The maximum atomic E-state index is 8.77. The van der Waals surface area contributed by atoms with Gasteiger partial charge >= 0.3 is 0 Å². The Morgan fingerprint density at radius 3 is 2.50 bits per heavy atom. The smallest absolute Gasteiger partial charge is 0.145 e. The summed E-state index contributed by atoms with van der Waals surface area (Å²) in [5.74, 6) is 0.512. The Hall–Kier alpha value is -1.47. The number of ether oxygens (including phenoxy) is 1. The van der Waals surface area contributed by atoms with Crippen molar-refractivity contribution >= 4 is 34.8 Å². The van der Waals surface area contributed by atoms with Crippen LogP contribution in [0.3, 0.4) is 0 Å². The topological polar surface area (TPSA) is 45.9 Å². The average molecular weight is 328 g/mol. The van der Waals surface area contributed by atoms with Crippen LogP contribution in [-0.2, 0) is 6.42 Å². The van der Waals surface area contributed by atoms with Gasteiger partial charge in [-0.15, -0.1) is 0 Å². The van der Waals surface area contributed by atoms with E-state index in [2.05, 4.69) is 4.98 Å². The fourth-order valence-electron chi connectivity index (χ4n) is 1.75. The summed E-state index contributed by atoms with van der Waals surface area (Å²) in [4.78, 5) is 4.39. The Morgan fingerprint density at radius 2 is 1.85 bits per heavy atom. The first-order chi connectivity index (χ1) is 9.58. The highest BCUT2D eigenvalue weighted by Crippen LogP contribution is 2.41. The second kappa shape index (κ2) is 6.32. The highest BCUT2D eigenvalue weighted by molar-refractivity contribution is 6.46. The zero-order chi connectivity index (χ0) is 14.7. The van der Waals surface area contributed by atoms with Crippen molar-refractivity contribution in [2.75, 3.05) is 7.11 Å². The first kappa shape index (κ1) is 14.9. The van der Waals surface area contributed by atoms with Crippen molar-refractivity contribution < 1.29 is 4.74 Å². The van der Waals surface area contributed by atoms with Crippen LogP contribution in [0.1, 0.15) is 5.69 Å². The van der Waals surface area contributed by atoms with Crippen molar-refractivity contribution in [2.45, 2.75) is 6.42 Å². The molecule has 0 aliphatic heterocycles. The van der Waals surface area contributed by atoms with Gasteiger partial charge in [0.1, 0.15) is 11.4 Å². The van der Waals surface area contributed by atoms with E-state index in [-0.39, 0.29) is 6.42 Å². The summed E-state index contributed by atoms with van der Waals surface area (Å²) in [6.07, 6.45) is 0.187. The van der Waals surface area contributed by atoms with Crippen LogP contribution in [0, 0.1) is 11.3 Å². The van der Waals surface area contributed by atoms with Gasteiger partial charge in [-0.2, -0.15) is 5.26 Å². The third-order valence-corrected chi connectivity index (χ3v) is 3.80. The number of rotatable bonds is 3. The van der Waals surface area contributed by atoms with E-state index in [0.717, 1.165) is 0 Å². The molecule has 0 saturated heterocycles. The van der Waals surface area contributed by atoms with Gasteiger partial charge in [0.15, 0.2) is 0 Å². The minimum atomic E-state index is 0.187. The largest absolute Gasteiger partial charge is 0.494 e. The van der Waals surface area contributed by atoms with Gasteiger partial charge in [-0.25, -0.2) is 4.98 Å². The van der Waals surface area contributed by atoms with Crippen LogP contribution in [-0.4, -0.2) is 12.1 Å². The Balaban J connectivity index is 2.71. The predicted molar refractivity (Wildman–Crippen MR) is 80.6 cm³/mol. The van der Waals surface area contributed by atoms with Crippen LogP contribution >= 0.6 is 34.8 Å². The number of hydrogen-bond donors (Lipinski definition) is 0. The van der Waals surface area contributed by atoms with Gasteiger partial charge < -0.3 is 4.74 Å². The standard InChI is InChI=1S/C14H9Cl3N2O/c1-20-11-5-2-8(6-7-18)19-14(11)12-9(15)3-4-10(16)13(12)17/h2-5H,6H2,1H3. The summed E-state index contributed by atoms with van der Waals surface area (Å²) >= 11 is 18.4. The van der Waals surface area contributed by atoms with E-state index < -0.39 is 0 Å². The highest BCUT2D eigenvalue weighted by Gasteiger charge is 2.18. The van der Waals surface area contributed by atoms with E-state index in [1.807, 2.05) is 6.07 Å². The van der Waals surface area contributed by atoms with Crippen LogP contribution < -0.4 is 4.74 Å². The number of aromatic nitrogens is 1. The zero-order valence-corrected chi connectivity index (χ0v) is 12.7. The van der Waals surface area contributed by atoms with Crippen molar-refractivity contribution in [3.05, 3.63) is 45.0 Å². The van der Waals surface area contributed by atoms with Crippen LogP contribution in [0.4, 0.5) is 0 Å². The molecule has 0 N–H and O–H groups in total. The molecule has 0 atom stereocenters. The van der Waals surface area contributed by atoms with E-state index in [1.54, 1.807) is 24.3 Å². The number of nitriles is 1. The molecule has 0 unspecified atom stereocenters. The zero-order valence-electron chi connectivity index (χ0n) is 10.5. The van der Waals surface area contributed by atoms with Crippen LogP contribution in [0.25, 0.3) is 11.3 Å². The molecule has 2 aromatic rings. The summed E-state index contributed by atoms with van der Waals surface area (Å²) in [5, 5.41) is 9.86. The van der Waals surface area contributed by atoms with E-state index in [0.29, 0.717) is 37.8 Å². The molecule has 0 bridgehead atoms. The summed E-state index contributed by atoms with van der Waals surface area (Å²) in [7, 11) is 1.52. The molecule has 0 aliphatic rings. The molecule has 2 rings (SSSR count). The van der Waals surface area contributed by atoms with Gasteiger partial charge in [0.05, 0.1) is 40.4 Å². The maximum absolute atomic E-state index is 8.77. The van der Waals surface area contributed by atoms with Gasteiger partial charge in [-0.3, -0.25) is 0 Å². The Labute approximate surface area is 131 Å². The SMILES string of the molecule is COc1ccc(CC#N)nc1-c1c(Cl)ccc(Cl)c1Cl. The van der Waals surface area contributed by atoms with E-state index in [1.165, 1.54) is 7.11 Å².